The zero-order chi connectivity index (χ0) is 13.8. The molecule has 1 aliphatic heterocycles. The molecule has 2 rings (SSSR count). The number of carbonyl (C=O) groups excluding carboxylic acids is 1. The van der Waals surface area contributed by atoms with E-state index in [0.717, 1.165) is 19.4 Å². The highest BCUT2D eigenvalue weighted by atomic mass is 19.1. The fourth-order valence-electron chi connectivity index (χ4n) is 2.45. The predicted octanol–water partition coefficient (Wildman–Crippen LogP) is 2.99. The molecule has 1 aromatic rings. The van der Waals surface area contributed by atoms with Crippen molar-refractivity contribution < 1.29 is 13.9 Å². The molecule has 0 saturated carbocycles. The molecule has 1 aliphatic rings. The summed E-state index contributed by atoms with van der Waals surface area (Å²) in [7, 11) is 0. The van der Waals surface area contributed by atoms with E-state index in [1.807, 2.05) is 4.90 Å². The molecule has 0 radical (unpaired) electrons. The Morgan fingerprint density at radius 3 is 2.95 bits per heavy atom. The van der Waals surface area contributed by atoms with Crippen LogP contribution in [0.3, 0.4) is 0 Å². The first kappa shape index (κ1) is 13.8. The van der Waals surface area contributed by atoms with Crippen LogP contribution in [0.2, 0.25) is 0 Å². The molecule has 0 N–H and O–H groups in total. The van der Waals surface area contributed by atoms with Gasteiger partial charge in [-0.15, -0.1) is 0 Å². The minimum atomic E-state index is -0.581. The second kappa shape index (κ2) is 6.04. The van der Waals surface area contributed by atoms with Crippen LogP contribution < -0.4 is 4.74 Å². The Kier molecular flexibility index (Phi) is 4.40. The lowest BCUT2D eigenvalue weighted by Crippen LogP contribution is -2.47. The number of rotatable bonds is 3. The maximum atomic E-state index is 13.1. The molecule has 1 saturated heterocycles. The van der Waals surface area contributed by atoms with E-state index in [9.17, 15) is 9.18 Å². The molecule has 1 heterocycles. The van der Waals surface area contributed by atoms with Gasteiger partial charge in [0.15, 0.2) is 6.10 Å². The highest BCUT2D eigenvalue weighted by Crippen LogP contribution is 2.19. The molecule has 4 heteroatoms. The molecule has 2 atom stereocenters. The molecule has 0 bridgehead atoms. The molecule has 1 fully saturated rings. The van der Waals surface area contributed by atoms with E-state index >= 15 is 0 Å². The zero-order valence-corrected chi connectivity index (χ0v) is 11.4. The maximum absolute atomic E-state index is 13.1. The highest BCUT2D eigenvalue weighted by molar-refractivity contribution is 5.81. The van der Waals surface area contributed by atoms with Crippen LogP contribution >= 0.6 is 0 Å². The monoisotopic (exact) mass is 265 g/mol. The largest absolute Gasteiger partial charge is 0.481 e. The molecule has 2 unspecified atom stereocenters. The van der Waals surface area contributed by atoms with Crippen molar-refractivity contribution in [2.24, 2.45) is 0 Å². The minimum absolute atomic E-state index is 0.0172. The number of halogens is 1. The maximum Gasteiger partial charge on any atom is 0.263 e. The summed E-state index contributed by atoms with van der Waals surface area (Å²) < 4.78 is 18.6. The summed E-state index contributed by atoms with van der Waals surface area (Å²) in [6.07, 6.45) is 2.67. The van der Waals surface area contributed by atoms with E-state index in [1.54, 1.807) is 19.1 Å². The van der Waals surface area contributed by atoms with E-state index in [4.69, 9.17) is 4.74 Å². The first-order valence-corrected chi connectivity index (χ1v) is 6.80. The van der Waals surface area contributed by atoms with Crippen molar-refractivity contribution in [3.63, 3.8) is 0 Å². The third-order valence-corrected chi connectivity index (χ3v) is 3.54. The molecule has 3 nitrogen and oxygen atoms in total. The number of hydrogen-bond donors (Lipinski definition) is 0. The Balaban J connectivity index is 1.99. The third kappa shape index (κ3) is 3.46. The lowest BCUT2D eigenvalue weighted by Gasteiger charge is -2.35. The van der Waals surface area contributed by atoms with Gasteiger partial charge >= 0.3 is 0 Å². The Hall–Kier alpha value is -1.58. The van der Waals surface area contributed by atoms with Gasteiger partial charge in [-0.05, 0) is 45.2 Å². The van der Waals surface area contributed by atoms with Crippen molar-refractivity contribution in [2.75, 3.05) is 6.54 Å². The van der Waals surface area contributed by atoms with Crippen LogP contribution in [0.5, 0.6) is 5.75 Å². The first-order valence-electron chi connectivity index (χ1n) is 6.80. The Bertz CT molecular complexity index is 450. The summed E-state index contributed by atoms with van der Waals surface area (Å²) in [6.45, 7) is 4.57. The number of piperidine rings is 1. The fourth-order valence-corrected chi connectivity index (χ4v) is 2.45. The van der Waals surface area contributed by atoms with Gasteiger partial charge in [0.25, 0.3) is 5.91 Å². The summed E-state index contributed by atoms with van der Waals surface area (Å²) >= 11 is 0. The Morgan fingerprint density at radius 2 is 2.26 bits per heavy atom. The van der Waals surface area contributed by atoms with Crippen molar-refractivity contribution in [2.45, 2.75) is 45.3 Å². The second-order valence-corrected chi connectivity index (χ2v) is 5.09. The first-order chi connectivity index (χ1) is 9.08. The van der Waals surface area contributed by atoms with Gasteiger partial charge in [0, 0.05) is 18.7 Å². The van der Waals surface area contributed by atoms with E-state index in [1.165, 1.54) is 18.6 Å². The lowest BCUT2D eigenvalue weighted by atomic mass is 10.0. The quantitative estimate of drug-likeness (QED) is 0.841. The SMILES string of the molecule is CC(Oc1cccc(F)c1)C(=O)N1CCCCC1C. The van der Waals surface area contributed by atoms with Crippen LogP contribution in [-0.4, -0.2) is 29.5 Å². The lowest BCUT2D eigenvalue weighted by molar-refractivity contribution is -0.141. The number of ether oxygens (including phenoxy) is 1. The fraction of sp³-hybridized carbons (Fsp3) is 0.533. The summed E-state index contributed by atoms with van der Waals surface area (Å²) in [4.78, 5) is 14.2. The van der Waals surface area contributed by atoms with Crippen LogP contribution in [0.1, 0.15) is 33.1 Å². The van der Waals surface area contributed by atoms with Crippen LogP contribution in [0.15, 0.2) is 24.3 Å². The van der Waals surface area contributed by atoms with Crippen LogP contribution in [0, 0.1) is 5.82 Å². The van der Waals surface area contributed by atoms with Crippen LogP contribution in [0.4, 0.5) is 4.39 Å². The van der Waals surface area contributed by atoms with Crippen molar-refractivity contribution >= 4 is 5.91 Å². The average Bonchev–Trinajstić information content (AvgIpc) is 2.38. The second-order valence-electron chi connectivity index (χ2n) is 5.09. The van der Waals surface area contributed by atoms with E-state index < -0.39 is 6.10 Å². The van der Waals surface area contributed by atoms with Gasteiger partial charge in [-0.3, -0.25) is 4.79 Å². The van der Waals surface area contributed by atoms with Crippen LogP contribution in [0.25, 0.3) is 0 Å². The van der Waals surface area contributed by atoms with Gasteiger partial charge in [0.2, 0.25) is 0 Å². The van der Waals surface area contributed by atoms with Crippen molar-refractivity contribution in [3.8, 4) is 5.75 Å². The van der Waals surface area contributed by atoms with Crippen molar-refractivity contribution in [3.05, 3.63) is 30.1 Å². The normalized spacial score (nSPS) is 21.0. The zero-order valence-electron chi connectivity index (χ0n) is 11.4. The molecule has 0 spiro atoms. The molecular formula is C15H20FNO2. The van der Waals surface area contributed by atoms with Crippen molar-refractivity contribution in [1.29, 1.82) is 0 Å². The van der Waals surface area contributed by atoms with Gasteiger partial charge in [-0.1, -0.05) is 6.07 Å². The topological polar surface area (TPSA) is 29.5 Å². The van der Waals surface area contributed by atoms with Gasteiger partial charge in [-0.2, -0.15) is 0 Å². The number of nitrogens with zero attached hydrogens (tertiary/aromatic N) is 1. The summed E-state index contributed by atoms with van der Waals surface area (Å²) in [5.74, 6) is 0.0189. The summed E-state index contributed by atoms with van der Waals surface area (Å²) in [5, 5.41) is 0. The molecule has 1 aromatic carbocycles. The Labute approximate surface area is 113 Å². The van der Waals surface area contributed by atoms with Gasteiger partial charge < -0.3 is 9.64 Å². The van der Waals surface area contributed by atoms with Crippen molar-refractivity contribution in [1.82, 2.24) is 4.90 Å². The molecule has 104 valence electrons. The summed E-state index contributed by atoms with van der Waals surface area (Å²) in [5.41, 5.74) is 0. The Morgan fingerprint density at radius 1 is 1.47 bits per heavy atom. The average molecular weight is 265 g/mol. The highest BCUT2D eigenvalue weighted by Gasteiger charge is 2.27. The van der Waals surface area contributed by atoms with E-state index in [2.05, 4.69) is 6.92 Å². The number of hydrogen-bond acceptors (Lipinski definition) is 2. The number of amides is 1. The minimum Gasteiger partial charge on any atom is -0.481 e. The van der Waals surface area contributed by atoms with Gasteiger partial charge in [0.05, 0.1) is 0 Å². The number of benzene rings is 1. The number of carbonyl (C=O) groups is 1. The number of likely N-dealkylation sites (tertiary alicyclic amines) is 1. The predicted molar refractivity (Wildman–Crippen MR) is 71.5 cm³/mol. The van der Waals surface area contributed by atoms with Gasteiger partial charge in [0.1, 0.15) is 11.6 Å². The molecule has 1 amide bonds. The third-order valence-electron chi connectivity index (χ3n) is 3.54. The molecule has 0 aromatic heterocycles. The van der Waals surface area contributed by atoms with E-state index in [-0.39, 0.29) is 17.8 Å². The van der Waals surface area contributed by atoms with E-state index in [0.29, 0.717) is 5.75 Å². The molecular weight excluding hydrogens is 245 g/mol. The standard InChI is InChI=1S/C15H20FNO2/c1-11-6-3-4-9-17(11)15(18)12(2)19-14-8-5-7-13(16)10-14/h5,7-8,10-12H,3-4,6,9H2,1-2H3. The molecule has 0 aliphatic carbocycles. The summed E-state index contributed by atoms with van der Waals surface area (Å²) in [6, 6.07) is 6.15. The smallest absolute Gasteiger partial charge is 0.263 e. The molecule has 19 heavy (non-hydrogen) atoms. The van der Waals surface area contributed by atoms with Gasteiger partial charge in [-0.25, -0.2) is 4.39 Å². The van der Waals surface area contributed by atoms with Crippen LogP contribution in [-0.2, 0) is 4.79 Å².